The second kappa shape index (κ2) is 4.99. The average Bonchev–Trinajstić information content (AvgIpc) is 2.84. The van der Waals surface area contributed by atoms with Gasteiger partial charge in [0, 0.05) is 17.6 Å². The number of nitrogens with two attached hydrogens (primary N) is 1. The van der Waals surface area contributed by atoms with Crippen molar-refractivity contribution >= 4 is 32.1 Å². The summed E-state index contributed by atoms with van der Waals surface area (Å²) < 4.78 is 29.3. The first-order valence-corrected chi connectivity index (χ1v) is 8.47. The second-order valence-corrected chi connectivity index (χ2v) is 8.18. The van der Waals surface area contributed by atoms with Crippen molar-refractivity contribution < 1.29 is 8.42 Å². The predicted molar refractivity (Wildman–Crippen MR) is 80.1 cm³/mol. The molecule has 0 fully saturated rings. The van der Waals surface area contributed by atoms with Crippen molar-refractivity contribution in [3.05, 3.63) is 11.6 Å². The van der Waals surface area contributed by atoms with Gasteiger partial charge in [0.25, 0.3) is 10.0 Å². The van der Waals surface area contributed by atoms with Gasteiger partial charge in [-0.1, -0.05) is 20.8 Å². The van der Waals surface area contributed by atoms with Crippen LogP contribution in [-0.4, -0.2) is 23.8 Å². The molecule has 20 heavy (non-hydrogen) atoms. The minimum absolute atomic E-state index is 0.0346. The van der Waals surface area contributed by atoms with Gasteiger partial charge < -0.3 is 5.43 Å². The SMILES string of the molecule is CC(NS(=O)(=O)c1c(NN)nc2sccn12)C(C)(C)C. The first kappa shape index (κ1) is 15.2. The van der Waals surface area contributed by atoms with E-state index in [1.165, 1.54) is 15.7 Å². The number of hydrogen-bond donors (Lipinski definition) is 3. The van der Waals surface area contributed by atoms with Crippen molar-refractivity contribution in [2.24, 2.45) is 11.3 Å². The van der Waals surface area contributed by atoms with Gasteiger partial charge in [0.15, 0.2) is 10.8 Å². The zero-order chi connectivity index (χ0) is 15.1. The van der Waals surface area contributed by atoms with Gasteiger partial charge in [-0.25, -0.2) is 19.0 Å². The molecule has 2 rings (SSSR count). The maximum absolute atomic E-state index is 12.6. The highest BCUT2D eigenvalue weighted by molar-refractivity contribution is 7.89. The highest BCUT2D eigenvalue weighted by Crippen LogP contribution is 2.27. The number of rotatable bonds is 4. The van der Waals surface area contributed by atoms with Crippen LogP contribution < -0.4 is 16.0 Å². The molecule has 0 aliphatic rings. The lowest BCUT2D eigenvalue weighted by Crippen LogP contribution is -2.41. The van der Waals surface area contributed by atoms with E-state index in [1.54, 1.807) is 11.6 Å². The first-order valence-electron chi connectivity index (χ1n) is 6.11. The van der Waals surface area contributed by atoms with Crippen LogP contribution in [0.4, 0.5) is 5.82 Å². The fraction of sp³-hybridized carbons (Fsp3) is 0.545. The maximum Gasteiger partial charge on any atom is 0.260 e. The molecule has 7 nitrogen and oxygen atoms in total. The summed E-state index contributed by atoms with van der Waals surface area (Å²) in [5.41, 5.74) is 2.15. The number of nitrogens with zero attached hydrogens (tertiary/aromatic N) is 2. The molecule has 4 N–H and O–H groups in total. The number of thiazole rings is 1. The van der Waals surface area contributed by atoms with E-state index >= 15 is 0 Å². The number of imidazole rings is 1. The van der Waals surface area contributed by atoms with Crippen LogP contribution in [0.1, 0.15) is 27.7 Å². The van der Waals surface area contributed by atoms with Crippen molar-refractivity contribution in [1.29, 1.82) is 0 Å². The molecule has 0 aliphatic carbocycles. The number of anilines is 1. The molecule has 1 unspecified atom stereocenters. The Morgan fingerprint density at radius 3 is 2.65 bits per heavy atom. The summed E-state index contributed by atoms with van der Waals surface area (Å²) in [6.45, 7) is 7.75. The number of nitrogen functional groups attached to an aromatic ring is 1. The van der Waals surface area contributed by atoms with Gasteiger partial charge >= 0.3 is 0 Å². The molecule has 2 aromatic heterocycles. The Balaban J connectivity index is 2.48. The third-order valence-electron chi connectivity index (χ3n) is 3.24. The molecule has 2 aromatic rings. The number of hydrogen-bond acceptors (Lipinski definition) is 6. The van der Waals surface area contributed by atoms with E-state index in [9.17, 15) is 8.42 Å². The molecular formula is C11H19N5O2S2. The van der Waals surface area contributed by atoms with Crippen LogP contribution in [0.3, 0.4) is 0 Å². The smallest absolute Gasteiger partial charge is 0.260 e. The van der Waals surface area contributed by atoms with Crippen LogP contribution in [0.2, 0.25) is 0 Å². The minimum atomic E-state index is -3.72. The van der Waals surface area contributed by atoms with Crippen molar-refractivity contribution in [1.82, 2.24) is 14.1 Å². The van der Waals surface area contributed by atoms with Gasteiger partial charge in [-0.3, -0.25) is 4.40 Å². The number of aromatic nitrogens is 2. The zero-order valence-electron chi connectivity index (χ0n) is 11.8. The fourth-order valence-corrected chi connectivity index (χ4v) is 4.05. The minimum Gasteiger partial charge on any atom is -0.306 e. The predicted octanol–water partition coefficient (Wildman–Crippen LogP) is 1.39. The van der Waals surface area contributed by atoms with Crippen molar-refractivity contribution in [2.45, 2.75) is 38.8 Å². The van der Waals surface area contributed by atoms with Crippen LogP contribution in [0.5, 0.6) is 0 Å². The third kappa shape index (κ3) is 2.66. The van der Waals surface area contributed by atoms with Crippen molar-refractivity contribution in [2.75, 3.05) is 5.43 Å². The Kier molecular flexibility index (Phi) is 3.80. The van der Waals surface area contributed by atoms with Crippen molar-refractivity contribution in [3.8, 4) is 0 Å². The van der Waals surface area contributed by atoms with Gasteiger partial charge in [0.1, 0.15) is 0 Å². The molecule has 1 atom stereocenters. The molecule has 0 saturated carbocycles. The highest BCUT2D eigenvalue weighted by atomic mass is 32.2. The molecule has 0 bridgehead atoms. The van der Waals surface area contributed by atoms with Crippen molar-refractivity contribution in [3.63, 3.8) is 0 Å². The quantitative estimate of drug-likeness (QED) is 0.584. The lowest BCUT2D eigenvalue weighted by molar-refractivity contribution is 0.317. The van der Waals surface area contributed by atoms with E-state index in [4.69, 9.17) is 5.84 Å². The molecule has 9 heteroatoms. The highest BCUT2D eigenvalue weighted by Gasteiger charge is 2.30. The third-order valence-corrected chi connectivity index (χ3v) is 5.56. The van der Waals surface area contributed by atoms with Gasteiger partial charge in [0.05, 0.1) is 0 Å². The second-order valence-electron chi connectivity index (χ2n) is 5.67. The molecule has 2 heterocycles. The van der Waals surface area contributed by atoms with E-state index in [1.807, 2.05) is 27.7 Å². The molecular weight excluding hydrogens is 298 g/mol. The molecule has 0 aliphatic heterocycles. The number of hydrazine groups is 1. The summed E-state index contributed by atoms with van der Waals surface area (Å²) in [4.78, 5) is 4.72. The van der Waals surface area contributed by atoms with Crippen LogP contribution in [0.25, 0.3) is 4.96 Å². The van der Waals surface area contributed by atoms with E-state index in [0.29, 0.717) is 4.96 Å². The number of fused-ring (bicyclic) bond motifs is 1. The summed E-state index contributed by atoms with van der Waals surface area (Å²) in [6.07, 6.45) is 1.66. The van der Waals surface area contributed by atoms with Gasteiger partial charge in [-0.2, -0.15) is 4.98 Å². The Bertz CT molecular complexity index is 711. The summed E-state index contributed by atoms with van der Waals surface area (Å²) in [7, 11) is -3.72. The van der Waals surface area contributed by atoms with E-state index < -0.39 is 10.0 Å². The molecule has 0 radical (unpaired) electrons. The van der Waals surface area contributed by atoms with Crippen LogP contribution in [0, 0.1) is 5.41 Å². The van der Waals surface area contributed by atoms with E-state index in [2.05, 4.69) is 15.1 Å². The summed E-state index contributed by atoms with van der Waals surface area (Å²) >= 11 is 1.34. The van der Waals surface area contributed by atoms with E-state index in [-0.39, 0.29) is 22.3 Å². The molecule has 0 amide bonds. The normalized spacial score (nSPS) is 14.7. The lowest BCUT2D eigenvalue weighted by Gasteiger charge is -2.27. The van der Waals surface area contributed by atoms with Gasteiger partial charge in [-0.15, -0.1) is 11.3 Å². The molecule has 0 aromatic carbocycles. The van der Waals surface area contributed by atoms with Gasteiger partial charge in [-0.05, 0) is 12.3 Å². The largest absolute Gasteiger partial charge is 0.306 e. The summed E-state index contributed by atoms with van der Waals surface area (Å²) in [6, 6.07) is -0.234. The standard InChI is InChI=1S/C11H19N5O2S2/c1-7(11(2,3)4)15-20(17,18)9-8(14-12)13-10-16(9)5-6-19-10/h5-7,14-15H,12H2,1-4H3. The Labute approximate surface area is 122 Å². The topological polar surface area (TPSA) is 102 Å². The number of nitrogens with one attached hydrogen (secondary N) is 2. The van der Waals surface area contributed by atoms with Crippen LogP contribution in [-0.2, 0) is 10.0 Å². The fourth-order valence-electron chi connectivity index (χ4n) is 1.58. The lowest BCUT2D eigenvalue weighted by atomic mass is 9.89. The van der Waals surface area contributed by atoms with Crippen LogP contribution in [0.15, 0.2) is 16.6 Å². The maximum atomic E-state index is 12.6. The molecule has 0 spiro atoms. The summed E-state index contributed by atoms with van der Waals surface area (Å²) in [5.74, 6) is 5.52. The Morgan fingerprint density at radius 1 is 1.45 bits per heavy atom. The first-order chi connectivity index (χ1) is 9.16. The van der Waals surface area contributed by atoms with Gasteiger partial charge in [0.2, 0.25) is 5.03 Å². The number of sulfonamides is 1. The zero-order valence-corrected chi connectivity index (χ0v) is 13.5. The van der Waals surface area contributed by atoms with E-state index in [0.717, 1.165) is 0 Å². The molecule has 112 valence electrons. The average molecular weight is 317 g/mol. The molecule has 0 saturated heterocycles. The summed E-state index contributed by atoms with van der Waals surface area (Å²) in [5, 5.41) is 1.81. The Hall–Kier alpha value is -1.16. The monoisotopic (exact) mass is 317 g/mol. The Morgan fingerprint density at radius 2 is 2.10 bits per heavy atom. The van der Waals surface area contributed by atoms with Crippen LogP contribution >= 0.6 is 11.3 Å².